The molecule has 5 heavy (non-hydrogen) atoms. The largest absolute Gasteiger partial charge is 0 e. The molecule has 0 saturated heterocycles. The Morgan fingerprint density at radius 3 is 1.40 bits per heavy atom. The second kappa shape index (κ2) is 27.6. The topological polar surface area (TPSA) is 17.1 Å². The van der Waals surface area contributed by atoms with E-state index in [2.05, 4.69) is 0 Å². The third kappa shape index (κ3) is 19.3. The molecule has 1 radical (unpaired) electrons. The van der Waals surface area contributed by atoms with E-state index >= 15 is 0 Å². The van der Waals surface area contributed by atoms with Gasteiger partial charge in [-0.3, -0.25) is 0 Å². The first-order chi connectivity index (χ1) is 1.00. The van der Waals surface area contributed by atoms with Gasteiger partial charge in [-0.05, 0) is 0 Å². The molecule has 0 aliphatic rings. The molecule has 0 rings (SSSR count). The fraction of sp³-hybridized carbons (Fsp3) is 0. The average Bonchev–Trinajstić information content (AvgIpc) is 1.00. The van der Waals surface area contributed by atoms with Crippen molar-refractivity contribution in [3.05, 3.63) is 0 Å². The molecule has 23 valence electrons. The zero-order valence-electron chi connectivity index (χ0n) is 4.56. The Morgan fingerprint density at radius 2 is 1.40 bits per heavy atom. The van der Waals surface area contributed by atoms with Crippen molar-refractivity contribution in [1.29, 1.82) is 0 Å². The molecule has 0 unspecified atom stereocenters. The summed E-state index contributed by atoms with van der Waals surface area (Å²) in [4.78, 5) is 0. The minimum atomic E-state index is 0. The van der Waals surface area contributed by atoms with Gasteiger partial charge < -0.3 is 2.85 Å². The van der Waals surface area contributed by atoms with Crippen molar-refractivity contribution in [3.8, 4) is 0 Å². The van der Waals surface area contributed by atoms with Gasteiger partial charge in [0.05, 0.1) is 0 Å². The monoisotopic (exact) mass is 205 g/mol. The van der Waals surface area contributed by atoms with E-state index in [1.807, 2.05) is 0 Å². The molecule has 0 saturated carbocycles. The molecule has 0 aliphatic carbocycles. The zero-order valence-corrected chi connectivity index (χ0v) is 9.29. The summed E-state index contributed by atoms with van der Waals surface area (Å²) in [5.41, 5.74) is 0. The van der Waals surface area contributed by atoms with Gasteiger partial charge in [0.25, 0.3) is 0 Å². The Bertz CT molecular complexity index is 15.7. The second-order valence-corrected chi connectivity index (χ2v) is 0. The van der Waals surface area contributed by atoms with Crippen LogP contribution in [0.25, 0.3) is 0 Å². The van der Waals surface area contributed by atoms with Gasteiger partial charge in [0.1, 0.15) is 0 Å². The van der Waals surface area contributed by atoms with Crippen molar-refractivity contribution in [2.75, 3.05) is 0 Å². The SMILES string of the molecule is [Ca+2].[H-].[H-].[O]=[Ti].[Ti].[V]. The summed E-state index contributed by atoms with van der Waals surface area (Å²) in [5.74, 6) is 0. The van der Waals surface area contributed by atoms with Crippen LogP contribution in [0.5, 0.6) is 0 Å². The summed E-state index contributed by atoms with van der Waals surface area (Å²) in [6.07, 6.45) is 0. The van der Waals surface area contributed by atoms with Gasteiger partial charge in [0.15, 0.2) is 0 Å². The van der Waals surface area contributed by atoms with Crippen LogP contribution in [-0.4, -0.2) is 37.7 Å². The van der Waals surface area contributed by atoms with Crippen molar-refractivity contribution < 1.29 is 66.9 Å². The molecule has 0 atom stereocenters. The van der Waals surface area contributed by atoms with E-state index in [0.717, 1.165) is 20.4 Å². The number of hydrogen-bond donors (Lipinski definition) is 0. The third-order valence-corrected chi connectivity index (χ3v) is 0. The third-order valence-electron chi connectivity index (χ3n) is 0. The predicted molar refractivity (Wildman–Crippen MR) is 8.66 cm³/mol. The van der Waals surface area contributed by atoms with Crippen LogP contribution in [0.4, 0.5) is 0 Å². The second-order valence-electron chi connectivity index (χ2n) is 0. The summed E-state index contributed by atoms with van der Waals surface area (Å²) < 4.78 is 8.25. The van der Waals surface area contributed by atoms with E-state index in [1.54, 1.807) is 0 Å². The molecule has 5 heteroatoms. The first kappa shape index (κ1) is 24.3. The van der Waals surface area contributed by atoms with Gasteiger partial charge in [-0.15, -0.1) is 0 Å². The fourth-order valence-electron chi connectivity index (χ4n) is 0. The van der Waals surface area contributed by atoms with Crippen LogP contribution >= 0.6 is 0 Å². The van der Waals surface area contributed by atoms with Crippen molar-refractivity contribution in [2.24, 2.45) is 0 Å². The maximum Gasteiger partial charge on any atom is 0 e. The number of hydrogen-bond acceptors (Lipinski definition) is 1. The van der Waals surface area contributed by atoms with Gasteiger partial charge in [0.2, 0.25) is 0 Å². The Labute approximate surface area is 102 Å². The van der Waals surface area contributed by atoms with Crippen LogP contribution in [0.2, 0.25) is 0 Å². The molecule has 0 aromatic rings. The van der Waals surface area contributed by atoms with Crippen LogP contribution in [0.3, 0.4) is 0 Å². The molecule has 0 spiro atoms. The van der Waals surface area contributed by atoms with Crippen LogP contribution in [0.1, 0.15) is 2.85 Å². The van der Waals surface area contributed by atoms with Crippen molar-refractivity contribution in [3.63, 3.8) is 0 Å². The molecule has 0 N–H and O–H groups in total. The van der Waals surface area contributed by atoms with Gasteiger partial charge >= 0.3 is 61.5 Å². The molecule has 0 aromatic carbocycles. The quantitative estimate of drug-likeness (QED) is 0.496. The van der Waals surface area contributed by atoms with Crippen molar-refractivity contribution in [1.82, 2.24) is 0 Å². The zero-order chi connectivity index (χ0) is 2.00. The van der Waals surface area contributed by atoms with E-state index in [9.17, 15) is 0 Å². The summed E-state index contributed by atoms with van der Waals surface area (Å²) in [6.45, 7) is 0. The van der Waals surface area contributed by atoms with E-state index in [4.69, 9.17) is 3.32 Å². The average molecular weight is 205 g/mol. The predicted octanol–water partition coefficient (Wildman–Crippen LogP) is -0.282. The van der Waals surface area contributed by atoms with Crippen LogP contribution in [0, 0.1) is 0 Å². The Kier molecular flexibility index (Phi) is 135. The maximum absolute atomic E-state index is 8.25. The maximum atomic E-state index is 8.25. The summed E-state index contributed by atoms with van der Waals surface area (Å²) >= 11 is 0.750. The van der Waals surface area contributed by atoms with Crippen molar-refractivity contribution >= 4 is 37.7 Å². The molecule has 0 aliphatic heterocycles. The molecule has 0 bridgehead atoms. The fourth-order valence-corrected chi connectivity index (χ4v) is 0. The minimum absolute atomic E-state index is 0. The molecular weight excluding hydrogens is 203 g/mol. The van der Waals surface area contributed by atoms with E-state index in [-0.39, 0.29) is 80.9 Å². The van der Waals surface area contributed by atoms with E-state index in [1.165, 1.54) is 0 Å². The minimum Gasteiger partial charge on any atom is 0 e. The Balaban J connectivity index is -0.000000000500. The van der Waals surface area contributed by atoms with E-state index in [0.29, 0.717) is 0 Å². The van der Waals surface area contributed by atoms with E-state index < -0.39 is 0 Å². The van der Waals surface area contributed by atoms with Gasteiger partial charge in [-0.2, -0.15) is 0 Å². The smallest absolute Gasteiger partial charge is 0 e. The first-order valence-corrected chi connectivity index (χ1v) is 0.842. The van der Waals surface area contributed by atoms with Gasteiger partial charge in [-0.1, -0.05) is 0 Å². The summed E-state index contributed by atoms with van der Waals surface area (Å²) in [5, 5.41) is 0. The molecule has 0 heterocycles. The Morgan fingerprint density at radius 1 is 1.40 bits per heavy atom. The van der Waals surface area contributed by atoms with Crippen LogP contribution in [-0.2, 0) is 64.0 Å². The number of rotatable bonds is 0. The molecular formula is H2CaOTi2V. The normalized spacial score (nSPS) is 0.600. The van der Waals surface area contributed by atoms with Gasteiger partial charge in [0, 0.05) is 40.3 Å². The summed E-state index contributed by atoms with van der Waals surface area (Å²) in [6, 6.07) is 0. The molecule has 0 amide bonds. The summed E-state index contributed by atoms with van der Waals surface area (Å²) in [7, 11) is 0. The van der Waals surface area contributed by atoms with Crippen LogP contribution < -0.4 is 0 Å². The van der Waals surface area contributed by atoms with Crippen molar-refractivity contribution in [2.45, 2.75) is 0 Å². The van der Waals surface area contributed by atoms with Gasteiger partial charge in [-0.25, -0.2) is 0 Å². The molecule has 0 aromatic heterocycles. The standard InChI is InChI=1S/Ca.O.2Ti.V.2H/q+2;;;;;2*-1. The molecule has 1 nitrogen and oxygen atoms in total. The first-order valence-electron chi connectivity index (χ1n) is 0.204. The molecule has 0 fully saturated rings. The Hall–Kier alpha value is 3.07. The van der Waals surface area contributed by atoms with Crippen LogP contribution in [0.15, 0.2) is 0 Å².